The standard InChI is InChI=1S/C19H35N5O6/c1-11(2)8-12(21-17(26)30-18(3,4)5)16(25)24-9-13(22-23-20)14-15(24)19(27-6,28-7)10-29-14/h11-15H,8-10H2,1-7H3,(H2,20,22)(H,21,26)/t12-,13+,14+,15-/m0/s1. The zero-order valence-electron chi connectivity index (χ0n) is 18.9. The highest BCUT2D eigenvalue weighted by Gasteiger charge is 2.62. The number of carbonyl (C=O) groups excluding carboxylic acids is 2. The number of hydrogen-bond acceptors (Lipinski definition) is 8. The lowest BCUT2D eigenvalue weighted by atomic mass is 10.0. The van der Waals surface area contributed by atoms with Crippen LogP contribution in [-0.2, 0) is 23.7 Å². The molecule has 11 nitrogen and oxygen atoms in total. The highest BCUT2D eigenvalue weighted by Crippen LogP contribution is 2.39. The number of hydrogen-bond donors (Lipinski definition) is 3. The molecule has 2 saturated heterocycles. The van der Waals surface area contributed by atoms with Gasteiger partial charge in [0.05, 0.1) is 6.04 Å². The van der Waals surface area contributed by atoms with Crippen LogP contribution in [0.2, 0.25) is 0 Å². The summed E-state index contributed by atoms with van der Waals surface area (Å²) in [6, 6.07) is -1.75. The molecule has 0 saturated carbocycles. The fraction of sp³-hybridized carbons (Fsp3) is 0.895. The van der Waals surface area contributed by atoms with E-state index >= 15 is 0 Å². The van der Waals surface area contributed by atoms with Gasteiger partial charge in [-0.2, -0.15) is 5.53 Å². The van der Waals surface area contributed by atoms with E-state index in [1.807, 2.05) is 13.8 Å². The van der Waals surface area contributed by atoms with Crippen LogP contribution in [0.25, 0.3) is 0 Å². The Morgan fingerprint density at radius 1 is 1.30 bits per heavy atom. The van der Waals surface area contributed by atoms with Gasteiger partial charge >= 0.3 is 6.09 Å². The van der Waals surface area contributed by atoms with E-state index in [4.69, 9.17) is 24.5 Å². The number of fused-ring (bicyclic) bond motifs is 1. The predicted molar refractivity (Wildman–Crippen MR) is 107 cm³/mol. The monoisotopic (exact) mass is 429 g/mol. The van der Waals surface area contributed by atoms with Crippen LogP contribution in [0.4, 0.5) is 4.79 Å². The quantitative estimate of drug-likeness (QED) is 0.302. The van der Waals surface area contributed by atoms with Gasteiger partial charge in [-0.3, -0.25) is 10.2 Å². The number of alkyl carbamates (subject to hydrolysis) is 1. The molecule has 2 aliphatic heterocycles. The lowest BCUT2D eigenvalue weighted by Gasteiger charge is -2.37. The third-order valence-corrected chi connectivity index (χ3v) is 5.27. The number of likely N-dealkylation sites (tertiary alicyclic amines) is 1. The van der Waals surface area contributed by atoms with Crippen LogP contribution in [0.3, 0.4) is 0 Å². The van der Waals surface area contributed by atoms with E-state index in [9.17, 15) is 9.59 Å². The smallest absolute Gasteiger partial charge is 0.408 e. The third-order valence-electron chi connectivity index (χ3n) is 5.27. The summed E-state index contributed by atoms with van der Waals surface area (Å²) in [5.74, 6) is -1.28. The molecule has 0 aliphatic carbocycles. The Bertz CT molecular complexity index is 633. The van der Waals surface area contributed by atoms with Crippen LogP contribution in [-0.4, -0.2) is 79.9 Å². The van der Waals surface area contributed by atoms with Crippen molar-refractivity contribution in [2.24, 2.45) is 11.1 Å². The lowest BCUT2D eigenvalue weighted by molar-refractivity contribution is -0.227. The Morgan fingerprint density at radius 2 is 1.93 bits per heavy atom. The van der Waals surface area contributed by atoms with Crippen molar-refractivity contribution in [2.75, 3.05) is 27.4 Å². The average molecular weight is 430 g/mol. The van der Waals surface area contributed by atoms with Crippen molar-refractivity contribution in [1.82, 2.24) is 15.6 Å². The second-order valence-electron chi connectivity index (χ2n) is 9.11. The molecule has 2 aliphatic rings. The molecule has 2 heterocycles. The molecular formula is C19H35N5O6. The van der Waals surface area contributed by atoms with Crippen LogP contribution < -0.4 is 10.7 Å². The molecule has 0 bridgehead atoms. The zero-order valence-corrected chi connectivity index (χ0v) is 18.9. The van der Waals surface area contributed by atoms with E-state index in [1.54, 1.807) is 25.7 Å². The van der Waals surface area contributed by atoms with Crippen LogP contribution >= 0.6 is 0 Å². The number of ether oxygens (including phenoxy) is 4. The van der Waals surface area contributed by atoms with Gasteiger partial charge in [-0.25, -0.2) is 4.79 Å². The molecule has 0 unspecified atom stereocenters. The molecule has 0 aromatic rings. The van der Waals surface area contributed by atoms with Crippen molar-refractivity contribution in [1.29, 1.82) is 5.53 Å². The van der Waals surface area contributed by atoms with Crippen LogP contribution in [0, 0.1) is 11.4 Å². The first-order chi connectivity index (χ1) is 14.0. The molecule has 0 radical (unpaired) electrons. The van der Waals surface area contributed by atoms with E-state index in [2.05, 4.69) is 16.0 Å². The van der Waals surface area contributed by atoms with Crippen molar-refractivity contribution in [3.05, 3.63) is 0 Å². The normalized spacial score (nSPS) is 26.3. The number of rotatable bonds is 8. The van der Waals surface area contributed by atoms with Gasteiger partial charge in [0, 0.05) is 20.8 Å². The maximum atomic E-state index is 13.6. The van der Waals surface area contributed by atoms with Gasteiger partial charge in [-0.15, -0.1) is 0 Å². The molecule has 11 heteroatoms. The van der Waals surface area contributed by atoms with Gasteiger partial charge in [-0.05, 0) is 33.1 Å². The average Bonchev–Trinajstić information content (AvgIpc) is 3.18. The van der Waals surface area contributed by atoms with Crippen molar-refractivity contribution in [3.8, 4) is 0 Å². The fourth-order valence-electron chi connectivity index (χ4n) is 4.03. The number of nitrogens with zero attached hydrogens (tertiary/aromatic N) is 2. The summed E-state index contributed by atoms with van der Waals surface area (Å²) in [4.78, 5) is 27.5. The molecule has 2 amide bonds. The molecule has 0 aromatic heterocycles. The Balaban J connectivity index is 2.29. The Morgan fingerprint density at radius 3 is 2.43 bits per heavy atom. The maximum Gasteiger partial charge on any atom is 0.408 e. The number of amides is 2. The highest BCUT2D eigenvalue weighted by atomic mass is 16.7. The number of nitrogens with one attached hydrogen (secondary N) is 3. The predicted octanol–water partition coefficient (Wildman–Crippen LogP) is 1.43. The largest absolute Gasteiger partial charge is 0.444 e. The molecule has 3 N–H and O–H groups in total. The minimum atomic E-state index is -1.15. The molecule has 2 fully saturated rings. The first-order valence-corrected chi connectivity index (χ1v) is 10.1. The Hall–Kier alpha value is -1.98. The topological polar surface area (TPSA) is 135 Å². The van der Waals surface area contributed by atoms with E-state index < -0.39 is 41.7 Å². The van der Waals surface area contributed by atoms with Gasteiger partial charge in [0.1, 0.15) is 30.4 Å². The van der Waals surface area contributed by atoms with Gasteiger partial charge in [-0.1, -0.05) is 19.1 Å². The summed E-state index contributed by atoms with van der Waals surface area (Å²) in [7, 11) is 3.00. The second-order valence-corrected chi connectivity index (χ2v) is 9.11. The van der Waals surface area contributed by atoms with Crippen LogP contribution in [0.5, 0.6) is 0 Å². The molecule has 172 valence electrons. The van der Waals surface area contributed by atoms with Gasteiger partial charge in [0.25, 0.3) is 0 Å². The summed E-state index contributed by atoms with van der Waals surface area (Å²) < 4.78 is 22.4. The van der Waals surface area contributed by atoms with Crippen molar-refractivity contribution in [2.45, 2.75) is 76.7 Å². The van der Waals surface area contributed by atoms with E-state index in [1.165, 1.54) is 14.2 Å². The van der Waals surface area contributed by atoms with Gasteiger partial charge < -0.3 is 29.2 Å². The third kappa shape index (κ3) is 5.19. The fourth-order valence-corrected chi connectivity index (χ4v) is 4.03. The summed E-state index contributed by atoms with van der Waals surface area (Å²) in [6.07, 6.45) is -0.689. The molecule has 0 aromatic carbocycles. The molecular weight excluding hydrogens is 394 g/mol. The highest BCUT2D eigenvalue weighted by molar-refractivity contribution is 5.86. The summed E-state index contributed by atoms with van der Waals surface area (Å²) in [5.41, 5.74) is 9.16. The zero-order chi connectivity index (χ0) is 22.7. The van der Waals surface area contributed by atoms with Crippen LogP contribution in [0.1, 0.15) is 41.0 Å². The van der Waals surface area contributed by atoms with E-state index in [-0.39, 0.29) is 25.0 Å². The van der Waals surface area contributed by atoms with Crippen molar-refractivity contribution in [3.63, 3.8) is 0 Å². The second kappa shape index (κ2) is 9.44. The van der Waals surface area contributed by atoms with Gasteiger partial charge in [0.15, 0.2) is 0 Å². The SMILES string of the molecule is COC1(OC)CO[C@H]2[C@@H]1N(C(=O)[C@H](CC(C)C)NC(=O)OC(C)(C)C)C[C@H]2NN=N. The molecule has 2 rings (SSSR count). The minimum Gasteiger partial charge on any atom is -0.444 e. The Kier molecular flexibility index (Phi) is 7.64. The first-order valence-electron chi connectivity index (χ1n) is 10.1. The van der Waals surface area contributed by atoms with Gasteiger partial charge in [0.2, 0.25) is 11.7 Å². The molecule has 4 atom stereocenters. The summed E-state index contributed by atoms with van der Waals surface area (Å²) >= 11 is 0. The lowest BCUT2D eigenvalue weighted by Crippen LogP contribution is -2.59. The molecule has 0 spiro atoms. The summed E-state index contributed by atoms with van der Waals surface area (Å²) in [6.45, 7) is 9.59. The first kappa shape index (κ1) is 24.3. The Labute approximate surface area is 177 Å². The number of methoxy groups -OCH3 is 2. The summed E-state index contributed by atoms with van der Waals surface area (Å²) in [5, 5.41) is 5.98. The number of carbonyl (C=O) groups is 2. The molecule has 30 heavy (non-hydrogen) atoms. The van der Waals surface area contributed by atoms with E-state index in [0.717, 1.165) is 0 Å². The maximum absolute atomic E-state index is 13.6. The van der Waals surface area contributed by atoms with Crippen LogP contribution in [0.15, 0.2) is 5.22 Å². The van der Waals surface area contributed by atoms with Crippen molar-refractivity contribution >= 4 is 12.0 Å². The van der Waals surface area contributed by atoms with E-state index in [0.29, 0.717) is 6.42 Å². The van der Waals surface area contributed by atoms with Crippen molar-refractivity contribution < 1.29 is 28.5 Å². The minimum absolute atomic E-state index is 0.129.